The second-order valence-corrected chi connectivity index (χ2v) is 8.87. The summed E-state index contributed by atoms with van der Waals surface area (Å²) in [6, 6.07) is 14.1. The van der Waals surface area contributed by atoms with Crippen LogP contribution in [0.1, 0.15) is 23.2 Å². The van der Waals surface area contributed by atoms with Crippen molar-refractivity contribution in [3.63, 3.8) is 0 Å². The molecule has 2 saturated carbocycles. The van der Waals surface area contributed by atoms with Crippen LogP contribution in [-0.4, -0.2) is 23.9 Å². The Kier molecular flexibility index (Phi) is 4.42. The van der Waals surface area contributed by atoms with Gasteiger partial charge in [0.2, 0.25) is 5.91 Å². The summed E-state index contributed by atoms with van der Waals surface area (Å²) in [5.41, 5.74) is 1.67. The van der Waals surface area contributed by atoms with Gasteiger partial charge in [0, 0.05) is 27.3 Å². The molecule has 0 unspecified atom stereocenters. The Labute approximate surface area is 176 Å². The van der Waals surface area contributed by atoms with Gasteiger partial charge in [-0.15, -0.1) is 0 Å². The average Bonchev–Trinajstić information content (AvgIpc) is 3.32. The molecular weight excluding hydrogens is 436 g/mol. The molecule has 2 aromatic rings. The summed E-state index contributed by atoms with van der Waals surface area (Å²) in [4.78, 5) is 37.6. The number of benzene rings is 2. The van der Waals surface area contributed by atoms with E-state index in [0.29, 0.717) is 16.9 Å². The fourth-order valence-electron chi connectivity index (χ4n) is 5.06. The van der Waals surface area contributed by atoms with Crippen LogP contribution in [0.3, 0.4) is 0 Å². The Bertz CT molecular complexity index is 1000. The Morgan fingerprint density at radius 3 is 2.59 bits per heavy atom. The van der Waals surface area contributed by atoms with Crippen LogP contribution in [0, 0.1) is 23.7 Å². The molecule has 0 radical (unpaired) electrons. The summed E-state index contributed by atoms with van der Waals surface area (Å²) in [6.07, 6.45) is 1.67. The van der Waals surface area contributed by atoms with E-state index >= 15 is 0 Å². The first-order valence-electron chi connectivity index (χ1n) is 9.68. The van der Waals surface area contributed by atoms with Crippen LogP contribution in [0.2, 0.25) is 0 Å². The minimum absolute atomic E-state index is 0.00665. The number of halogens is 1. The third-order valence-electron chi connectivity index (χ3n) is 6.28. The molecule has 6 nitrogen and oxygen atoms in total. The second-order valence-electron chi connectivity index (χ2n) is 7.95. The summed E-state index contributed by atoms with van der Waals surface area (Å²) in [7, 11) is 0. The van der Waals surface area contributed by atoms with Gasteiger partial charge >= 0.3 is 5.97 Å². The van der Waals surface area contributed by atoms with Gasteiger partial charge in [-0.2, -0.15) is 0 Å². The first kappa shape index (κ1) is 18.4. The number of carbonyl (C=O) groups excluding carboxylic acids is 3. The molecule has 1 saturated heterocycles. The Morgan fingerprint density at radius 2 is 1.79 bits per heavy atom. The fraction of sp³-hybridized carbons (Fsp3) is 0.318. The van der Waals surface area contributed by atoms with Crippen LogP contribution in [0.25, 0.3) is 0 Å². The smallest absolute Gasteiger partial charge is 0.310 e. The molecule has 1 aliphatic heterocycles. The van der Waals surface area contributed by atoms with Crippen molar-refractivity contribution in [2.24, 2.45) is 23.7 Å². The third-order valence-corrected chi connectivity index (χ3v) is 6.81. The molecule has 7 heteroatoms. The standard InChI is InChI=1S/C22H19BrN2O4/c23-13-4-6-14(7-5-13)24-20(26)11-2-1-3-15(8-11)25-21(27)18-12-9-16-17(10-12)29-22(28)19(16)18/h1-8,12,16-19H,9-10H2,(H,24,26)(H,25,27)/t12-,16+,17-,18+,19+/m0/s1. The predicted octanol–water partition coefficient (Wildman–Crippen LogP) is 3.84. The molecule has 3 aliphatic rings. The number of ether oxygens (including phenoxy) is 1. The number of hydrogen-bond acceptors (Lipinski definition) is 4. The predicted molar refractivity (Wildman–Crippen MR) is 110 cm³/mol. The van der Waals surface area contributed by atoms with E-state index in [-0.39, 0.29) is 47.6 Å². The highest BCUT2D eigenvalue weighted by atomic mass is 79.9. The molecule has 2 aromatic carbocycles. The normalized spacial score (nSPS) is 28.9. The monoisotopic (exact) mass is 454 g/mol. The minimum atomic E-state index is -0.341. The molecule has 1 heterocycles. The number of carbonyl (C=O) groups is 3. The zero-order chi connectivity index (χ0) is 20.1. The maximum atomic E-state index is 12.9. The van der Waals surface area contributed by atoms with E-state index in [0.717, 1.165) is 17.3 Å². The van der Waals surface area contributed by atoms with Crippen molar-refractivity contribution in [1.29, 1.82) is 0 Å². The first-order valence-corrected chi connectivity index (χ1v) is 10.5. The van der Waals surface area contributed by atoms with Crippen LogP contribution < -0.4 is 10.6 Å². The number of esters is 1. The largest absolute Gasteiger partial charge is 0.462 e. The highest BCUT2D eigenvalue weighted by molar-refractivity contribution is 9.10. The van der Waals surface area contributed by atoms with Gasteiger partial charge in [0.1, 0.15) is 6.10 Å². The lowest BCUT2D eigenvalue weighted by Gasteiger charge is -2.23. The van der Waals surface area contributed by atoms with Crippen LogP contribution in [0.5, 0.6) is 0 Å². The van der Waals surface area contributed by atoms with Crippen LogP contribution in [0.4, 0.5) is 11.4 Å². The summed E-state index contributed by atoms with van der Waals surface area (Å²) in [6.45, 7) is 0. The van der Waals surface area contributed by atoms with Crippen molar-refractivity contribution in [3.05, 3.63) is 58.6 Å². The van der Waals surface area contributed by atoms with Gasteiger partial charge in [0.05, 0.1) is 11.8 Å². The molecule has 5 rings (SSSR count). The Morgan fingerprint density at radius 1 is 1.00 bits per heavy atom. The topological polar surface area (TPSA) is 84.5 Å². The molecule has 3 fully saturated rings. The van der Waals surface area contributed by atoms with Gasteiger partial charge in [-0.3, -0.25) is 14.4 Å². The fourth-order valence-corrected chi connectivity index (χ4v) is 5.33. The van der Waals surface area contributed by atoms with Crippen molar-refractivity contribution in [1.82, 2.24) is 0 Å². The van der Waals surface area contributed by atoms with Crippen molar-refractivity contribution >= 4 is 45.1 Å². The van der Waals surface area contributed by atoms with Crippen molar-refractivity contribution in [3.8, 4) is 0 Å². The minimum Gasteiger partial charge on any atom is -0.462 e. The van der Waals surface area contributed by atoms with E-state index in [2.05, 4.69) is 26.6 Å². The molecule has 5 atom stereocenters. The van der Waals surface area contributed by atoms with E-state index in [1.54, 1.807) is 36.4 Å². The van der Waals surface area contributed by atoms with Gasteiger partial charge in [0.25, 0.3) is 5.91 Å². The summed E-state index contributed by atoms with van der Waals surface area (Å²) in [5.74, 6) is -0.927. The Balaban J connectivity index is 1.29. The lowest BCUT2D eigenvalue weighted by Crippen LogP contribution is -2.35. The molecule has 0 spiro atoms. The third kappa shape index (κ3) is 3.23. The second kappa shape index (κ2) is 6.99. The maximum absolute atomic E-state index is 12.9. The number of rotatable bonds is 4. The van der Waals surface area contributed by atoms with Gasteiger partial charge in [-0.1, -0.05) is 22.0 Å². The summed E-state index contributed by atoms with van der Waals surface area (Å²) in [5, 5.41) is 5.74. The lowest BCUT2D eigenvalue weighted by molar-refractivity contribution is -0.145. The molecule has 2 amide bonds. The van der Waals surface area contributed by atoms with Gasteiger partial charge in [-0.05, 0) is 61.2 Å². The lowest BCUT2D eigenvalue weighted by atomic mass is 9.79. The number of fused-ring (bicyclic) bond motifs is 1. The summed E-state index contributed by atoms with van der Waals surface area (Å²) >= 11 is 3.36. The Hall–Kier alpha value is -2.67. The van der Waals surface area contributed by atoms with Crippen LogP contribution >= 0.6 is 15.9 Å². The van der Waals surface area contributed by atoms with E-state index in [1.807, 2.05) is 12.1 Å². The number of nitrogens with one attached hydrogen (secondary N) is 2. The van der Waals surface area contributed by atoms with Crippen LogP contribution in [-0.2, 0) is 14.3 Å². The quantitative estimate of drug-likeness (QED) is 0.687. The number of anilines is 2. The molecule has 2 aliphatic carbocycles. The van der Waals surface area contributed by atoms with E-state index < -0.39 is 0 Å². The SMILES string of the molecule is O=C(Nc1ccc(Br)cc1)c1cccc(NC(=O)[C@@H]2[C@H]3C[C@H]4[C@H]2C(=O)O[C@H]4C3)c1. The zero-order valence-corrected chi connectivity index (χ0v) is 17.0. The van der Waals surface area contributed by atoms with Gasteiger partial charge in [0.15, 0.2) is 0 Å². The molecule has 0 aromatic heterocycles. The van der Waals surface area contributed by atoms with Gasteiger partial charge < -0.3 is 15.4 Å². The van der Waals surface area contributed by atoms with E-state index in [1.165, 1.54) is 0 Å². The zero-order valence-electron chi connectivity index (χ0n) is 15.4. The highest BCUT2D eigenvalue weighted by Crippen LogP contribution is 2.57. The molecule has 148 valence electrons. The van der Waals surface area contributed by atoms with Crippen molar-refractivity contribution < 1.29 is 19.1 Å². The first-order chi connectivity index (χ1) is 14.0. The van der Waals surface area contributed by atoms with Gasteiger partial charge in [-0.25, -0.2) is 0 Å². The van der Waals surface area contributed by atoms with Crippen LogP contribution in [0.15, 0.2) is 53.0 Å². The molecule has 2 bridgehead atoms. The van der Waals surface area contributed by atoms with Crippen molar-refractivity contribution in [2.75, 3.05) is 10.6 Å². The number of amides is 2. The maximum Gasteiger partial charge on any atom is 0.310 e. The van der Waals surface area contributed by atoms with E-state index in [4.69, 9.17) is 4.74 Å². The molecule has 29 heavy (non-hydrogen) atoms. The highest BCUT2D eigenvalue weighted by Gasteiger charge is 2.63. The summed E-state index contributed by atoms with van der Waals surface area (Å²) < 4.78 is 6.34. The van der Waals surface area contributed by atoms with E-state index in [9.17, 15) is 14.4 Å². The van der Waals surface area contributed by atoms with Crippen molar-refractivity contribution in [2.45, 2.75) is 18.9 Å². The molecular formula is C22H19BrN2O4. The number of hydrogen-bond donors (Lipinski definition) is 2. The average molecular weight is 455 g/mol. The molecule has 2 N–H and O–H groups in total.